The number of nitrogens with one attached hydrogen (secondary N) is 1. The van der Waals surface area contributed by atoms with Crippen LogP contribution in [0.3, 0.4) is 0 Å². The zero-order valence-corrected chi connectivity index (χ0v) is 17.7. The number of hydrogen-bond acceptors (Lipinski definition) is 6. The molecule has 0 unspecified atom stereocenters. The fraction of sp³-hybridized carbons (Fsp3) is 0.364. The number of carbonyl (C=O) groups is 1. The van der Waals surface area contributed by atoms with E-state index in [1.807, 2.05) is 0 Å². The van der Waals surface area contributed by atoms with Crippen molar-refractivity contribution in [1.82, 2.24) is 0 Å². The van der Waals surface area contributed by atoms with Gasteiger partial charge in [-0.3, -0.25) is 4.79 Å². The van der Waals surface area contributed by atoms with Gasteiger partial charge in [0.1, 0.15) is 11.2 Å². The Kier molecular flexibility index (Phi) is 6.07. The van der Waals surface area contributed by atoms with E-state index in [1.54, 1.807) is 18.2 Å². The van der Waals surface area contributed by atoms with Crippen LogP contribution in [-0.4, -0.2) is 23.5 Å². The summed E-state index contributed by atoms with van der Waals surface area (Å²) in [6, 6.07) is 7.80. The van der Waals surface area contributed by atoms with Crippen molar-refractivity contribution < 1.29 is 18.2 Å². The zero-order valence-electron chi connectivity index (χ0n) is 16.9. The minimum absolute atomic E-state index is 0.252. The molecular formula is C22H25NO5S. The molecule has 1 atom stereocenters. The summed E-state index contributed by atoms with van der Waals surface area (Å²) in [5.41, 5.74) is 1.55. The Bertz CT molecular complexity index is 1240. The molecule has 2 aromatic carbocycles. The molecule has 0 amide bonds. The molecule has 7 heteroatoms. The molecule has 0 saturated heterocycles. The lowest BCUT2D eigenvalue weighted by molar-refractivity contribution is 0.0601. The zero-order chi connectivity index (χ0) is 21.2. The number of rotatable bonds is 7. The largest absolute Gasteiger partial charge is 0.465 e. The molecule has 0 fully saturated rings. The highest BCUT2D eigenvalue weighted by molar-refractivity contribution is 7.91. The fourth-order valence-corrected chi connectivity index (χ4v) is 4.11. The summed E-state index contributed by atoms with van der Waals surface area (Å²) in [6.45, 7) is 2.14. The molecule has 0 aliphatic carbocycles. The van der Waals surface area contributed by atoms with E-state index in [0.717, 1.165) is 31.2 Å². The number of esters is 1. The minimum Gasteiger partial charge on any atom is -0.465 e. The van der Waals surface area contributed by atoms with Crippen molar-refractivity contribution in [1.29, 1.82) is 4.78 Å². The van der Waals surface area contributed by atoms with Crippen molar-refractivity contribution in [2.75, 3.05) is 13.4 Å². The van der Waals surface area contributed by atoms with Crippen LogP contribution in [-0.2, 0) is 20.9 Å². The Morgan fingerprint density at radius 2 is 1.90 bits per heavy atom. The quantitative estimate of drug-likeness (QED) is 0.336. The SMILES string of the molecule is CCCCCCc1cc([S@@](C)(=N)=O)cc2c(=O)c3cc(C(=O)OC)ccc3oc12. The molecule has 29 heavy (non-hydrogen) atoms. The van der Waals surface area contributed by atoms with Crippen LogP contribution >= 0.6 is 0 Å². The second-order valence-corrected chi connectivity index (χ2v) is 9.41. The van der Waals surface area contributed by atoms with Crippen molar-refractivity contribution in [3.63, 3.8) is 0 Å². The summed E-state index contributed by atoms with van der Waals surface area (Å²) >= 11 is 0. The van der Waals surface area contributed by atoms with Crippen LogP contribution in [0.1, 0.15) is 48.5 Å². The normalized spacial score (nSPS) is 13.5. The van der Waals surface area contributed by atoms with Crippen molar-refractivity contribution in [2.24, 2.45) is 0 Å². The number of hydrogen-bond donors (Lipinski definition) is 1. The smallest absolute Gasteiger partial charge is 0.337 e. The summed E-state index contributed by atoms with van der Waals surface area (Å²) in [5.74, 6) is -0.542. The Hall–Kier alpha value is -2.67. The van der Waals surface area contributed by atoms with Gasteiger partial charge < -0.3 is 9.15 Å². The van der Waals surface area contributed by atoms with Crippen LogP contribution < -0.4 is 5.43 Å². The third kappa shape index (κ3) is 4.34. The molecule has 1 N–H and O–H groups in total. The van der Waals surface area contributed by atoms with Crippen molar-refractivity contribution in [3.05, 3.63) is 51.7 Å². The van der Waals surface area contributed by atoms with E-state index in [1.165, 1.54) is 25.5 Å². The monoisotopic (exact) mass is 415 g/mol. The van der Waals surface area contributed by atoms with E-state index in [9.17, 15) is 13.8 Å². The first-order valence-electron chi connectivity index (χ1n) is 9.62. The van der Waals surface area contributed by atoms with Gasteiger partial charge >= 0.3 is 5.97 Å². The predicted octanol–water partition coefficient (Wildman–Crippen LogP) is 4.89. The number of aryl methyl sites for hydroxylation is 1. The highest BCUT2D eigenvalue weighted by atomic mass is 32.2. The fourth-order valence-electron chi connectivity index (χ4n) is 3.40. The van der Waals surface area contributed by atoms with E-state index in [4.69, 9.17) is 13.9 Å². The number of ether oxygens (including phenoxy) is 1. The number of benzene rings is 2. The van der Waals surface area contributed by atoms with Gasteiger partial charge in [-0.2, -0.15) is 0 Å². The maximum absolute atomic E-state index is 13.2. The molecule has 6 nitrogen and oxygen atoms in total. The first-order valence-corrected chi connectivity index (χ1v) is 11.6. The summed E-state index contributed by atoms with van der Waals surface area (Å²) in [6.07, 6.45) is 6.20. The molecule has 0 aliphatic heterocycles. The maximum atomic E-state index is 13.2. The first kappa shape index (κ1) is 21.0. The molecule has 0 spiro atoms. The minimum atomic E-state index is -3.00. The average molecular weight is 416 g/mol. The maximum Gasteiger partial charge on any atom is 0.337 e. The molecule has 154 valence electrons. The Morgan fingerprint density at radius 1 is 1.14 bits per heavy atom. The van der Waals surface area contributed by atoms with E-state index >= 15 is 0 Å². The standard InChI is InChI=1S/C22H25NO5S/c1-4-5-6-7-8-14-11-16(29(3,23)26)13-18-20(24)17-12-15(22(25)27-2)9-10-19(17)28-21(14)18/h9-13,23H,4-8H2,1-3H3/t29-/m0/s1. The topological polar surface area (TPSA) is 97.4 Å². The molecule has 1 aromatic heterocycles. The Morgan fingerprint density at radius 3 is 2.55 bits per heavy atom. The van der Waals surface area contributed by atoms with Gasteiger partial charge in [-0.15, -0.1) is 0 Å². The van der Waals surface area contributed by atoms with Gasteiger partial charge in [-0.05, 0) is 48.7 Å². The van der Waals surface area contributed by atoms with Crippen LogP contribution in [0.2, 0.25) is 0 Å². The second kappa shape index (κ2) is 8.37. The summed E-state index contributed by atoms with van der Waals surface area (Å²) in [7, 11) is -1.73. The second-order valence-electron chi connectivity index (χ2n) is 7.25. The third-order valence-electron chi connectivity index (χ3n) is 4.99. The lowest BCUT2D eigenvalue weighted by Crippen LogP contribution is -2.08. The van der Waals surface area contributed by atoms with Crippen LogP contribution in [0.5, 0.6) is 0 Å². The van der Waals surface area contributed by atoms with Gasteiger partial charge in [0.05, 0.1) is 33.2 Å². The molecule has 1 heterocycles. The summed E-state index contributed by atoms with van der Waals surface area (Å²) in [4.78, 5) is 25.3. The lowest BCUT2D eigenvalue weighted by Gasteiger charge is -2.11. The van der Waals surface area contributed by atoms with Crippen molar-refractivity contribution in [2.45, 2.75) is 43.9 Å². The Labute approximate surface area is 169 Å². The van der Waals surface area contributed by atoms with Crippen LogP contribution in [0.4, 0.5) is 0 Å². The van der Waals surface area contributed by atoms with Gasteiger partial charge in [-0.25, -0.2) is 13.8 Å². The van der Waals surface area contributed by atoms with Crippen LogP contribution in [0, 0.1) is 4.78 Å². The van der Waals surface area contributed by atoms with Gasteiger partial charge in [-0.1, -0.05) is 26.2 Å². The average Bonchev–Trinajstić information content (AvgIpc) is 2.70. The van der Waals surface area contributed by atoms with Gasteiger partial charge in [0.15, 0.2) is 0 Å². The van der Waals surface area contributed by atoms with E-state index in [0.29, 0.717) is 22.5 Å². The lowest BCUT2D eigenvalue weighted by atomic mass is 10.0. The number of carbonyl (C=O) groups excluding carboxylic acids is 1. The molecule has 0 saturated carbocycles. The number of methoxy groups -OCH3 is 1. The van der Waals surface area contributed by atoms with Gasteiger partial charge in [0.2, 0.25) is 5.43 Å². The Balaban J connectivity index is 2.26. The predicted molar refractivity (Wildman–Crippen MR) is 114 cm³/mol. The first-order chi connectivity index (χ1) is 13.8. The van der Waals surface area contributed by atoms with E-state index in [2.05, 4.69) is 6.92 Å². The van der Waals surface area contributed by atoms with E-state index < -0.39 is 15.7 Å². The van der Waals surface area contributed by atoms with E-state index in [-0.39, 0.29) is 21.8 Å². The van der Waals surface area contributed by atoms with Crippen LogP contribution in [0.15, 0.2) is 44.4 Å². The summed E-state index contributed by atoms with van der Waals surface area (Å²) < 4.78 is 31.1. The molecule has 0 aliphatic rings. The summed E-state index contributed by atoms with van der Waals surface area (Å²) in [5, 5.41) is 0.534. The number of fused-ring (bicyclic) bond motifs is 2. The van der Waals surface area contributed by atoms with Crippen molar-refractivity contribution in [3.8, 4) is 0 Å². The third-order valence-corrected chi connectivity index (χ3v) is 6.13. The molecule has 0 bridgehead atoms. The van der Waals surface area contributed by atoms with Crippen molar-refractivity contribution >= 4 is 37.6 Å². The molecular weight excluding hydrogens is 390 g/mol. The molecule has 3 aromatic rings. The van der Waals surface area contributed by atoms with Gasteiger partial charge in [0.25, 0.3) is 0 Å². The number of unbranched alkanes of at least 4 members (excludes halogenated alkanes) is 3. The molecule has 0 radical (unpaired) electrons. The van der Waals surface area contributed by atoms with Crippen LogP contribution in [0.25, 0.3) is 21.9 Å². The highest BCUT2D eigenvalue weighted by Crippen LogP contribution is 2.27. The van der Waals surface area contributed by atoms with Gasteiger partial charge in [0, 0.05) is 11.2 Å². The molecule has 3 rings (SSSR count). The highest BCUT2D eigenvalue weighted by Gasteiger charge is 2.17.